The second-order valence-electron chi connectivity index (χ2n) is 14.4. The van der Waals surface area contributed by atoms with Gasteiger partial charge in [-0.25, -0.2) is 19.7 Å². The standard InChI is InChI=1S/C33H46ClN5O6Si/c1-20(29-37-38-30(41)43-29)36-28(40)22-12-10-21(11-13-22)18-24-15-16-25(39(24)31(42)44-32(2,3)4)27(23-14-17-26(34)35-19-23)45-46(8,9)33(5,6)7/h10-14,17,19-20,24-25,27H,15-16,18H2,1-9H3,(H,36,40)(H,38,41)/t20-,24+,25-,27-/m1/s1. The fourth-order valence-corrected chi connectivity index (χ4v) is 6.65. The predicted molar refractivity (Wildman–Crippen MR) is 178 cm³/mol. The van der Waals surface area contributed by atoms with Gasteiger partial charge in [-0.05, 0) is 88.9 Å². The van der Waals surface area contributed by atoms with E-state index in [2.05, 4.69) is 54.4 Å². The number of likely N-dealkylation sites (tertiary alicyclic amines) is 1. The lowest BCUT2D eigenvalue weighted by Gasteiger charge is -2.43. The summed E-state index contributed by atoms with van der Waals surface area (Å²) < 4.78 is 18.0. The maximum Gasteiger partial charge on any atom is 0.434 e. The van der Waals surface area contributed by atoms with Crippen molar-refractivity contribution < 1.29 is 23.2 Å². The summed E-state index contributed by atoms with van der Waals surface area (Å²) in [6.07, 6.45) is 2.96. The van der Waals surface area contributed by atoms with Gasteiger partial charge in [-0.15, -0.1) is 5.10 Å². The lowest BCUT2D eigenvalue weighted by molar-refractivity contribution is -0.00244. The Kier molecular flexibility index (Phi) is 10.5. The van der Waals surface area contributed by atoms with Crippen LogP contribution in [0.1, 0.15) is 101 Å². The van der Waals surface area contributed by atoms with E-state index >= 15 is 0 Å². The summed E-state index contributed by atoms with van der Waals surface area (Å²) in [5.74, 6) is -0.917. The number of ether oxygens (including phenoxy) is 1. The van der Waals surface area contributed by atoms with Crippen LogP contribution in [0.4, 0.5) is 4.79 Å². The van der Waals surface area contributed by atoms with E-state index in [1.54, 1.807) is 31.3 Å². The Balaban J connectivity index is 1.59. The maximum atomic E-state index is 13.9. The summed E-state index contributed by atoms with van der Waals surface area (Å²) in [4.78, 5) is 44.3. The predicted octanol–water partition coefficient (Wildman–Crippen LogP) is 6.98. The molecule has 1 fully saturated rings. The van der Waals surface area contributed by atoms with Crippen LogP contribution in [0.5, 0.6) is 0 Å². The van der Waals surface area contributed by atoms with E-state index in [1.165, 1.54) is 0 Å². The van der Waals surface area contributed by atoms with E-state index in [4.69, 9.17) is 25.2 Å². The Morgan fingerprint density at radius 3 is 2.33 bits per heavy atom. The van der Waals surface area contributed by atoms with Gasteiger partial charge < -0.3 is 18.9 Å². The minimum absolute atomic E-state index is 0.0580. The summed E-state index contributed by atoms with van der Waals surface area (Å²) in [5.41, 5.74) is 1.60. The summed E-state index contributed by atoms with van der Waals surface area (Å²) in [5, 5.41) is 9.08. The molecule has 0 bridgehead atoms. The van der Waals surface area contributed by atoms with Gasteiger partial charge in [0.25, 0.3) is 5.91 Å². The number of carbonyl (C=O) groups excluding carboxylic acids is 2. The molecule has 46 heavy (non-hydrogen) atoms. The second-order valence-corrected chi connectivity index (χ2v) is 19.6. The number of nitrogens with one attached hydrogen (secondary N) is 2. The molecule has 3 aromatic rings. The molecule has 0 aliphatic carbocycles. The van der Waals surface area contributed by atoms with Crippen molar-refractivity contribution in [3.05, 3.63) is 80.9 Å². The van der Waals surface area contributed by atoms with Crippen LogP contribution in [-0.2, 0) is 15.6 Å². The van der Waals surface area contributed by atoms with Crippen LogP contribution in [-0.4, -0.2) is 58.1 Å². The van der Waals surface area contributed by atoms with Crippen molar-refractivity contribution in [1.29, 1.82) is 0 Å². The van der Waals surface area contributed by atoms with Crippen LogP contribution < -0.4 is 11.1 Å². The number of aromatic amines is 1. The smallest absolute Gasteiger partial charge is 0.434 e. The number of nitrogens with zero attached hydrogens (tertiary/aromatic N) is 3. The van der Waals surface area contributed by atoms with Gasteiger partial charge in [0.05, 0.1) is 12.1 Å². The number of pyridine rings is 1. The van der Waals surface area contributed by atoms with Crippen LogP contribution in [0.2, 0.25) is 23.3 Å². The maximum absolute atomic E-state index is 13.9. The third-order valence-corrected chi connectivity index (χ3v) is 13.3. The van der Waals surface area contributed by atoms with Crippen molar-refractivity contribution >= 4 is 31.9 Å². The Morgan fingerprint density at radius 2 is 1.78 bits per heavy atom. The molecule has 1 aromatic carbocycles. The van der Waals surface area contributed by atoms with Crippen LogP contribution in [0.25, 0.3) is 0 Å². The Morgan fingerprint density at radius 1 is 1.11 bits per heavy atom. The van der Waals surface area contributed by atoms with E-state index in [9.17, 15) is 14.4 Å². The van der Waals surface area contributed by atoms with Crippen LogP contribution >= 0.6 is 11.6 Å². The number of H-pyrrole nitrogens is 1. The number of hydrogen-bond acceptors (Lipinski definition) is 8. The van der Waals surface area contributed by atoms with Gasteiger partial charge in [-0.1, -0.05) is 50.6 Å². The van der Waals surface area contributed by atoms with E-state index in [1.807, 2.05) is 43.9 Å². The lowest BCUT2D eigenvalue weighted by Crippen LogP contribution is -2.50. The Labute approximate surface area is 276 Å². The first-order valence-corrected chi connectivity index (χ1v) is 18.9. The average Bonchev–Trinajstić information content (AvgIpc) is 3.57. The molecule has 1 aliphatic rings. The molecule has 2 aromatic heterocycles. The lowest BCUT2D eigenvalue weighted by atomic mass is 10.0. The summed E-state index contributed by atoms with van der Waals surface area (Å²) in [7, 11) is -2.29. The van der Waals surface area contributed by atoms with Gasteiger partial charge in [0.2, 0.25) is 5.89 Å². The van der Waals surface area contributed by atoms with Crippen molar-refractivity contribution in [3.8, 4) is 0 Å². The zero-order valence-corrected chi connectivity index (χ0v) is 29.9. The number of amides is 2. The number of aromatic nitrogens is 3. The highest BCUT2D eigenvalue weighted by molar-refractivity contribution is 6.74. The number of rotatable bonds is 9. The van der Waals surface area contributed by atoms with Crippen molar-refractivity contribution in [1.82, 2.24) is 25.4 Å². The molecule has 4 atom stereocenters. The van der Waals surface area contributed by atoms with Gasteiger partial charge in [0.1, 0.15) is 16.8 Å². The molecule has 3 heterocycles. The summed E-state index contributed by atoms with van der Waals surface area (Å²) in [6, 6.07) is 9.91. The third-order valence-electron chi connectivity index (χ3n) is 8.67. The van der Waals surface area contributed by atoms with Crippen LogP contribution in [0.15, 0.2) is 51.8 Å². The normalized spacial score (nSPS) is 18.7. The molecule has 4 rings (SSSR count). The Bertz CT molecular complexity index is 1560. The van der Waals surface area contributed by atoms with Gasteiger partial charge in [0.15, 0.2) is 8.32 Å². The van der Waals surface area contributed by atoms with Gasteiger partial charge in [0, 0.05) is 23.4 Å². The minimum atomic E-state index is -2.29. The number of benzene rings is 1. The van der Waals surface area contributed by atoms with Crippen molar-refractivity contribution in [3.63, 3.8) is 0 Å². The van der Waals surface area contributed by atoms with E-state index in [0.29, 0.717) is 23.6 Å². The summed E-state index contributed by atoms with van der Waals surface area (Å²) >= 11 is 6.16. The molecule has 0 spiro atoms. The van der Waals surface area contributed by atoms with Gasteiger partial charge >= 0.3 is 11.8 Å². The van der Waals surface area contributed by atoms with E-state index in [-0.39, 0.29) is 35.0 Å². The molecule has 2 amide bonds. The van der Waals surface area contributed by atoms with Crippen molar-refractivity contribution in [2.75, 3.05) is 0 Å². The molecule has 0 radical (unpaired) electrons. The minimum Gasteiger partial charge on any atom is -0.444 e. The highest BCUT2D eigenvalue weighted by atomic mass is 35.5. The fraction of sp³-hybridized carbons (Fsp3) is 0.545. The summed E-state index contributed by atoms with van der Waals surface area (Å²) in [6.45, 7) is 18.3. The molecule has 11 nitrogen and oxygen atoms in total. The highest BCUT2D eigenvalue weighted by Gasteiger charge is 2.47. The molecule has 0 unspecified atom stereocenters. The molecule has 1 aliphatic heterocycles. The molecule has 13 heteroatoms. The first kappa shape index (κ1) is 35.4. The van der Waals surface area contributed by atoms with E-state index in [0.717, 1.165) is 17.5 Å². The number of hydrogen-bond donors (Lipinski definition) is 2. The molecular weight excluding hydrogens is 626 g/mol. The zero-order valence-electron chi connectivity index (χ0n) is 28.1. The topological polar surface area (TPSA) is 140 Å². The molecule has 1 saturated heterocycles. The quantitative estimate of drug-likeness (QED) is 0.184. The monoisotopic (exact) mass is 671 g/mol. The first-order chi connectivity index (χ1) is 21.3. The van der Waals surface area contributed by atoms with Crippen LogP contribution in [0.3, 0.4) is 0 Å². The SMILES string of the molecule is C[C@@H](NC(=O)c1ccc(C[C@@H]2CC[C@H]([C@H](O[Si](C)(C)C(C)(C)C)c3ccc(Cl)nc3)N2C(=O)OC(C)(C)C)cc1)c1n[nH]c(=O)o1. The molecule has 0 saturated carbocycles. The van der Waals surface area contributed by atoms with Gasteiger partial charge in [-0.3, -0.25) is 9.69 Å². The molecule has 250 valence electrons. The second kappa shape index (κ2) is 13.7. The third kappa shape index (κ3) is 8.65. The van der Waals surface area contributed by atoms with Gasteiger partial charge in [-0.2, -0.15) is 0 Å². The fourth-order valence-electron chi connectivity index (χ4n) is 5.26. The van der Waals surface area contributed by atoms with E-state index < -0.39 is 31.8 Å². The van der Waals surface area contributed by atoms with Crippen molar-refractivity contribution in [2.45, 2.75) is 116 Å². The van der Waals surface area contributed by atoms with Crippen LogP contribution in [0, 0.1) is 0 Å². The number of halogens is 1. The molecular formula is C33H46ClN5O6Si. The zero-order chi connectivity index (χ0) is 34.0. The number of carbonyl (C=O) groups is 2. The molecule has 2 N–H and O–H groups in total. The largest absolute Gasteiger partial charge is 0.444 e. The van der Waals surface area contributed by atoms with Crippen molar-refractivity contribution in [2.24, 2.45) is 0 Å². The first-order valence-electron chi connectivity index (χ1n) is 15.6. The highest BCUT2D eigenvalue weighted by Crippen LogP contribution is 2.44. The average molecular weight is 672 g/mol. The Hall–Kier alpha value is -3.48.